The zero-order valence-electron chi connectivity index (χ0n) is 21.0. The molecule has 39 heavy (non-hydrogen) atoms. The van der Waals surface area contributed by atoms with E-state index in [0.29, 0.717) is 62.8 Å². The van der Waals surface area contributed by atoms with Gasteiger partial charge in [0.05, 0.1) is 19.7 Å². The summed E-state index contributed by atoms with van der Waals surface area (Å²) in [5.74, 6) is 1.26. The third-order valence-electron chi connectivity index (χ3n) is 6.59. The number of methoxy groups -OCH3 is 2. The monoisotopic (exact) mass is 541 g/mol. The standard InChI is InChI=1S/C27H23N7O4S/c1-36-23-12-17-20(13-24(23)37-2)31-27(39)34(25(17)28)8-7-29-26(35)22-11-16-9-14(3-5-18(16)30-22)15-4-6-19-21(10-15)33-38-32-19/h3-6,9-13,30H,7-8,28H2,1-2H3,(H,29,35). The fraction of sp³-hybridized carbons (Fsp3) is 0.148. The molecule has 0 fully saturated rings. The molecule has 3 aromatic carbocycles. The van der Waals surface area contributed by atoms with Crippen LogP contribution in [0.25, 0.3) is 44.0 Å². The van der Waals surface area contributed by atoms with Crippen LogP contribution in [0.2, 0.25) is 0 Å². The average Bonchev–Trinajstić information content (AvgIpc) is 3.60. The van der Waals surface area contributed by atoms with Gasteiger partial charge >= 0.3 is 0 Å². The van der Waals surface area contributed by atoms with Gasteiger partial charge in [-0.15, -0.1) is 0 Å². The summed E-state index contributed by atoms with van der Waals surface area (Å²) in [5, 5.41) is 12.3. The van der Waals surface area contributed by atoms with Gasteiger partial charge in [0.15, 0.2) is 11.5 Å². The lowest BCUT2D eigenvalue weighted by atomic mass is 10.0. The number of nitrogens with two attached hydrogens (primary N) is 1. The first-order chi connectivity index (χ1) is 18.9. The van der Waals surface area contributed by atoms with Crippen LogP contribution in [-0.2, 0) is 6.54 Å². The number of benzene rings is 3. The van der Waals surface area contributed by atoms with Gasteiger partial charge in [-0.25, -0.2) is 9.61 Å². The van der Waals surface area contributed by atoms with Gasteiger partial charge in [0.1, 0.15) is 22.5 Å². The van der Waals surface area contributed by atoms with Crippen molar-refractivity contribution in [2.24, 2.45) is 0 Å². The highest BCUT2D eigenvalue weighted by Crippen LogP contribution is 2.33. The highest BCUT2D eigenvalue weighted by molar-refractivity contribution is 7.71. The zero-order chi connectivity index (χ0) is 27.1. The number of ether oxygens (including phenoxy) is 2. The molecule has 0 saturated heterocycles. The van der Waals surface area contributed by atoms with Crippen LogP contribution in [0.15, 0.2) is 59.2 Å². The Morgan fingerprint density at radius 2 is 1.74 bits per heavy atom. The van der Waals surface area contributed by atoms with Crippen molar-refractivity contribution in [2.75, 3.05) is 26.5 Å². The molecule has 0 aliphatic heterocycles. The van der Waals surface area contributed by atoms with Crippen LogP contribution in [0.3, 0.4) is 0 Å². The van der Waals surface area contributed by atoms with E-state index >= 15 is 0 Å². The molecule has 0 atom stereocenters. The van der Waals surface area contributed by atoms with Gasteiger partial charge in [-0.05, 0) is 70.1 Å². The minimum atomic E-state index is -0.243. The molecule has 0 saturated carbocycles. The predicted molar refractivity (Wildman–Crippen MR) is 150 cm³/mol. The number of nitrogens with one attached hydrogen (secondary N) is 2. The highest BCUT2D eigenvalue weighted by atomic mass is 32.1. The molecule has 0 bridgehead atoms. The second-order valence-corrected chi connectivity index (χ2v) is 9.23. The molecule has 12 heteroatoms. The van der Waals surface area contributed by atoms with E-state index < -0.39 is 0 Å². The number of aromatic amines is 1. The maximum absolute atomic E-state index is 12.9. The first kappa shape index (κ1) is 24.4. The van der Waals surface area contributed by atoms with Gasteiger partial charge in [-0.2, -0.15) is 0 Å². The van der Waals surface area contributed by atoms with E-state index in [1.807, 2.05) is 42.5 Å². The number of fused-ring (bicyclic) bond motifs is 3. The number of hydrogen-bond donors (Lipinski definition) is 3. The van der Waals surface area contributed by atoms with E-state index in [2.05, 4.69) is 25.6 Å². The number of rotatable bonds is 7. The highest BCUT2D eigenvalue weighted by Gasteiger charge is 2.14. The number of H-pyrrole nitrogens is 1. The number of nitrogen functional groups attached to an aromatic ring is 1. The number of amides is 1. The summed E-state index contributed by atoms with van der Waals surface area (Å²) in [5.41, 5.74) is 11.7. The van der Waals surface area contributed by atoms with Crippen LogP contribution in [0.1, 0.15) is 10.5 Å². The summed E-state index contributed by atoms with van der Waals surface area (Å²) in [6.45, 7) is 0.641. The van der Waals surface area contributed by atoms with E-state index in [0.717, 1.165) is 22.0 Å². The van der Waals surface area contributed by atoms with E-state index in [9.17, 15) is 4.79 Å². The summed E-state index contributed by atoms with van der Waals surface area (Å²) in [6.07, 6.45) is 0. The minimum absolute atomic E-state index is 0.243. The molecule has 0 spiro atoms. The molecule has 3 aromatic heterocycles. The van der Waals surface area contributed by atoms with Crippen LogP contribution in [0, 0.1) is 4.77 Å². The Balaban J connectivity index is 1.19. The smallest absolute Gasteiger partial charge is 0.267 e. The van der Waals surface area contributed by atoms with Gasteiger partial charge in [-0.1, -0.05) is 12.1 Å². The maximum Gasteiger partial charge on any atom is 0.267 e. The molecule has 0 radical (unpaired) electrons. The van der Waals surface area contributed by atoms with Crippen LogP contribution < -0.4 is 20.5 Å². The second kappa shape index (κ2) is 9.72. The molecular formula is C27H23N7O4S. The Bertz CT molecular complexity index is 1940. The Hall–Kier alpha value is -4.97. The van der Waals surface area contributed by atoms with Crippen molar-refractivity contribution in [1.82, 2.24) is 30.2 Å². The number of carbonyl (C=O) groups excluding carboxylic acids is 1. The predicted octanol–water partition coefficient (Wildman–Crippen LogP) is 4.48. The lowest BCUT2D eigenvalue weighted by Gasteiger charge is -2.15. The fourth-order valence-corrected chi connectivity index (χ4v) is 4.85. The third-order valence-corrected chi connectivity index (χ3v) is 6.90. The van der Waals surface area contributed by atoms with Crippen molar-refractivity contribution in [3.05, 3.63) is 65.1 Å². The number of aromatic nitrogens is 5. The molecule has 4 N–H and O–H groups in total. The quantitative estimate of drug-likeness (QED) is 0.249. The third kappa shape index (κ3) is 4.40. The first-order valence-corrected chi connectivity index (χ1v) is 12.4. The van der Waals surface area contributed by atoms with Crippen LogP contribution in [0.5, 0.6) is 11.5 Å². The summed E-state index contributed by atoms with van der Waals surface area (Å²) in [7, 11) is 3.11. The number of carbonyl (C=O) groups is 1. The summed E-state index contributed by atoms with van der Waals surface area (Å²) in [6, 6.07) is 17.0. The molecule has 0 aliphatic carbocycles. The summed E-state index contributed by atoms with van der Waals surface area (Å²) in [4.78, 5) is 20.6. The van der Waals surface area contributed by atoms with Crippen molar-refractivity contribution < 1.29 is 18.9 Å². The molecule has 6 aromatic rings. The Kier molecular flexibility index (Phi) is 6.08. The van der Waals surface area contributed by atoms with Crippen LogP contribution in [0.4, 0.5) is 5.82 Å². The maximum atomic E-state index is 12.9. The number of nitrogens with zero attached hydrogens (tertiary/aromatic N) is 4. The largest absolute Gasteiger partial charge is 0.493 e. The minimum Gasteiger partial charge on any atom is -0.493 e. The van der Waals surface area contributed by atoms with Crippen molar-refractivity contribution in [3.63, 3.8) is 0 Å². The summed E-state index contributed by atoms with van der Waals surface area (Å²) < 4.78 is 17.5. The van der Waals surface area contributed by atoms with E-state index in [-0.39, 0.29) is 5.91 Å². The average molecular weight is 542 g/mol. The molecule has 0 aliphatic rings. The van der Waals surface area contributed by atoms with Gasteiger partial charge < -0.3 is 30.1 Å². The van der Waals surface area contributed by atoms with Gasteiger partial charge in [0, 0.05) is 35.4 Å². The topological polar surface area (TPSA) is 146 Å². The second-order valence-electron chi connectivity index (χ2n) is 8.86. The van der Waals surface area contributed by atoms with Gasteiger partial charge in [0.2, 0.25) is 4.77 Å². The molecule has 0 unspecified atom stereocenters. The van der Waals surface area contributed by atoms with Crippen LogP contribution >= 0.6 is 12.2 Å². The molecule has 1 amide bonds. The lowest BCUT2D eigenvalue weighted by molar-refractivity contribution is 0.0948. The normalized spacial score (nSPS) is 11.3. The number of anilines is 1. The molecule has 11 nitrogen and oxygen atoms in total. The molecule has 196 valence electrons. The van der Waals surface area contributed by atoms with Crippen molar-refractivity contribution in [3.8, 4) is 22.6 Å². The zero-order valence-corrected chi connectivity index (χ0v) is 21.8. The lowest BCUT2D eigenvalue weighted by Crippen LogP contribution is -2.28. The Morgan fingerprint density at radius 3 is 2.56 bits per heavy atom. The molecular weight excluding hydrogens is 518 g/mol. The Morgan fingerprint density at radius 1 is 1.00 bits per heavy atom. The fourth-order valence-electron chi connectivity index (χ4n) is 4.57. The SMILES string of the molecule is COc1cc2nc(=S)n(CCNC(=O)c3cc4cc(-c5ccc6nonc6c5)ccc4[nH]3)c(N)c2cc1OC. The van der Waals surface area contributed by atoms with E-state index in [4.69, 9.17) is 32.1 Å². The number of hydrogen-bond acceptors (Lipinski definition) is 9. The van der Waals surface area contributed by atoms with Crippen LogP contribution in [-0.4, -0.2) is 51.5 Å². The first-order valence-electron chi connectivity index (χ1n) is 12.0. The van der Waals surface area contributed by atoms with Crippen molar-refractivity contribution >= 4 is 56.8 Å². The van der Waals surface area contributed by atoms with Crippen molar-refractivity contribution in [2.45, 2.75) is 6.54 Å². The van der Waals surface area contributed by atoms with Gasteiger partial charge in [-0.3, -0.25) is 4.79 Å². The van der Waals surface area contributed by atoms with E-state index in [1.165, 1.54) is 0 Å². The Labute approximate surface area is 226 Å². The van der Waals surface area contributed by atoms with Gasteiger partial charge in [0.25, 0.3) is 5.91 Å². The summed E-state index contributed by atoms with van der Waals surface area (Å²) >= 11 is 5.47. The molecule has 3 heterocycles. The molecule has 6 rings (SSSR count). The van der Waals surface area contributed by atoms with E-state index in [1.54, 1.807) is 30.9 Å². The van der Waals surface area contributed by atoms with Crippen molar-refractivity contribution in [1.29, 1.82) is 0 Å².